The standard InChI is InChI=1S/C14H16N6O3S/c15-11(21)9-5-10(24-12(9)19-13(16)22)8-6-17-14(18-7-8)20-1-3-23-4-2-20/h5-7H,1-4H2,(H2,15,21)(H3,16,19,22). The third-order valence-electron chi connectivity index (χ3n) is 3.45. The highest BCUT2D eigenvalue weighted by Gasteiger charge is 2.17. The third kappa shape index (κ3) is 3.44. The van der Waals surface area contributed by atoms with Gasteiger partial charge in [-0.05, 0) is 6.07 Å². The Morgan fingerprint density at radius 1 is 1.21 bits per heavy atom. The molecule has 1 saturated heterocycles. The minimum Gasteiger partial charge on any atom is -0.378 e. The van der Waals surface area contributed by atoms with Crippen LogP contribution in [0.25, 0.3) is 10.4 Å². The van der Waals surface area contributed by atoms with Gasteiger partial charge >= 0.3 is 6.03 Å². The fraction of sp³-hybridized carbons (Fsp3) is 0.286. The Labute approximate surface area is 141 Å². The molecule has 1 fully saturated rings. The number of rotatable bonds is 4. The maximum atomic E-state index is 11.5. The number of aromatic nitrogens is 2. The van der Waals surface area contributed by atoms with Gasteiger partial charge in [-0.15, -0.1) is 11.3 Å². The predicted molar refractivity (Wildman–Crippen MR) is 90.1 cm³/mol. The van der Waals surface area contributed by atoms with Crippen molar-refractivity contribution >= 4 is 34.2 Å². The molecule has 24 heavy (non-hydrogen) atoms. The molecule has 2 aromatic heterocycles. The summed E-state index contributed by atoms with van der Waals surface area (Å²) in [6.07, 6.45) is 3.34. The molecule has 1 aliphatic rings. The molecule has 0 saturated carbocycles. The van der Waals surface area contributed by atoms with Crippen molar-refractivity contribution in [1.29, 1.82) is 0 Å². The van der Waals surface area contributed by atoms with E-state index < -0.39 is 11.9 Å². The number of urea groups is 1. The van der Waals surface area contributed by atoms with E-state index in [-0.39, 0.29) is 5.56 Å². The molecule has 0 radical (unpaired) electrons. The molecule has 3 heterocycles. The van der Waals surface area contributed by atoms with Crippen LogP contribution in [0, 0.1) is 0 Å². The molecule has 9 nitrogen and oxygen atoms in total. The highest BCUT2D eigenvalue weighted by atomic mass is 32.1. The zero-order chi connectivity index (χ0) is 17.1. The van der Waals surface area contributed by atoms with Gasteiger partial charge in [-0.25, -0.2) is 14.8 Å². The molecule has 3 rings (SSSR count). The quantitative estimate of drug-likeness (QED) is 0.741. The number of primary amides is 2. The summed E-state index contributed by atoms with van der Waals surface area (Å²) in [5, 5.41) is 2.71. The van der Waals surface area contributed by atoms with E-state index in [1.165, 1.54) is 11.3 Å². The summed E-state index contributed by atoms with van der Waals surface area (Å²) in [6, 6.07) is 0.829. The summed E-state index contributed by atoms with van der Waals surface area (Å²) >= 11 is 1.18. The van der Waals surface area contributed by atoms with Crippen molar-refractivity contribution in [2.45, 2.75) is 0 Å². The number of anilines is 2. The average Bonchev–Trinajstić information content (AvgIpc) is 2.99. The molecule has 0 unspecified atom stereocenters. The molecule has 0 atom stereocenters. The lowest BCUT2D eigenvalue weighted by Gasteiger charge is -2.26. The van der Waals surface area contributed by atoms with Gasteiger partial charge in [0.15, 0.2) is 0 Å². The van der Waals surface area contributed by atoms with E-state index in [1.54, 1.807) is 18.5 Å². The largest absolute Gasteiger partial charge is 0.378 e. The third-order valence-corrected chi connectivity index (χ3v) is 4.55. The number of carbonyl (C=O) groups excluding carboxylic acids is 2. The van der Waals surface area contributed by atoms with Gasteiger partial charge in [-0.2, -0.15) is 0 Å². The van der Waals surface area contributed by atoms with Crippen molar-refractivity contribution in [3.8, 4) is 10.4 Å². The number of thiophene rings is 1. The van der Waals surface area contributed by atoms with E-state index in [0.29, 0.717) is 29.0 Å². The number of nitrogens with two attached hydrogens (primary N) is 2. The Kier molecular flexibility index (Phi) is 4.58. The number of nitrogens with one attached hydrogen (secondary N) is 1. The number of morpholine rings is 1. The number of hydrogen-bond acceptors (Lipinski definition) is 7. The lowest BCUT2D eigenvalue weighted by molar-refractivity contribution is 0.100. The van der Waals surface area contributed by atoms with Gasteiger partial charge in [0, 0.05) is 35.9 Å². The first-order valence-corrected chi connectivity index (χ1v) is 8.01. The van der Waals surface area contributed by atoms with Crippen LogP contribution in [0.15, 0.2) is 18.5 Å². The van der Waals surface area contributed by atoms with E-state index in [0.717, 1.165) is 18.7 Å². The van der Waals surface area contributed by atoms with Gasteiger partial charge in [0.25, 0.3) is 5.91 Å². The van der Waals surface area contributed by atoms with Crippen LogP contribution in [0.5, 0.6) is 0 Å². The van der Waals surface area contributed by atoms with Crippen LogP contribution >= 0.6 is 11.3 Å². The number of hydrogen-bond donors (Lipinski definition) is 3. The van der Waals surface area contributed by atoms with Crippen molar-refractivity contribution in [2.75, 3.05) is 36.5 Å². The zero-order valence-electron chi connectivity index (χ0n) is 12.7. The topological polar surface area (TPSA) is 136 Å². The molecule has 0 bridgehead atoms. The van der Waals surface area contributed by atoms with Gasteiger partial charge < -0.3 is 21.1 Å². The number of carbonyl (C=O) groups is 2. The van der Waals surface area contributed by atoms with Crippen LogP contribution in [0.3, 0.4) is 0 Å². The fourth-order valence-corrected chi connectivity index (χ4v) is 3.34. The summed E-state index contributed by atoms with van der Waals surface area (Å²) in [5.41, 5.74) is 11.4. The zero-order valence-corrected chi connectivity index (χ0v) is 13.5. The van der Waals surface area contributed by atoms with Crippen molar-refractivity contribution in [3.63, 3.8) is 0 Å². The molecular weight excluding hydrogens is 332 g/mol. The molecule has 10 heteroatoms. The van der Waals surface area contributed by atoms with E-state index in [1.807, 2.05) is 4.90 Å². The van der Waals surface area contributed by atoms with Gasteiger partial charge in [0.1, 0.15) is 5.00 Å². The van der Waals surface area contributed by atoms with Crippen LogP contribution < -0.4 is 21.7 Å². The second-order valence-electron chi connectivity index (χ2n) is 5.08. The SMILES string of the molecule is NC(=O)Nc1sc(-c2cnc(N3CCOCC3)nc2)cc1C(N)=O. The predicted octanol–water partition coefficient (Wildman–Crippen LogP) is 0.631. The second kappa shape index (κ2) is 6.81. The molecule has 0 spiro atoms. The summed E-state index contributed by atoms with van der Waals surface area (Å²) < 4.78 is 5.30. The van der Waals surface area contributed by atoms with E-state index in [9.17, 15) is 9.59 Å². The maximum Gasteiger partial charge on any atom is 0.317 e. The first kappa shape index (κ1) is 16.1. The lowest BCUT2D eigenvalue weighted by Crippen LogP contribution is -2.37. The first-order chi connectivity index (χ1) is 11.5. The summed E-state index contributed by atoms with van der Waals surface area (Å²) in [4.78, 5) is 34.0. The number of nitrogens with zero attached hydrogens (tertiary/aromatic N) is 3. The van der Waals surface area contributed by atoms with Crippen molar-refractivity contribution in [2.24, 2.45) is 11.5 Å². The highest BCUT2D eigenvalue weighted by Crippen LogP contribution is 2.35. The van der Waals surface area contributed by atoms with Crippen LogP contribution in [-0.2, 0) is 4.74 Å². The number of amides is 3. The van der Waals surface area contributed by atoms with Crippen LogP contribution in [0.4, 0.5) is 15.7 Å². The minimum absolute atomic E-state index is 0.200. The van der Waals surface area contributed by atoms with Crippen LogP contribution in [0.1, 0.15) is 10.4 Å². The van der Waals surface area contributed by atoms with Crippen molar-refractivity contribution < 1.29 is 14.3 Å². The smallest absolute Gasteiger partial charge is 0.317 e. The molecule has 2 aromatic rings. The number of ether oxygens (including phenoxy) is 1. The molecule has 0 aromatic carbocycles. The molecule has 1 aliphatic heterocycles. The van der Waals surface area contributed by atoms with E-state index >= 15 is 0 Å². The summed E-state index contributed by atoms with van der Waals surface area (Å²) in [6.45, 7) is 2.80. The van der Waals surface area contributed by atoms with E-state index in [2.05, 4.69) is 15.3 Å². The Morgan fingerprint density at radius 3 is 2.46 bits per heavy atom. The Balaban J connectivity index is 1.85. The molecular formula is C14H16N6O3S. The normalized spacial score (nSPS) is 14.4. The Morgan fingerprint density at radius 2 is 1.88 bits per heavy atom. The van der Waals surface area contributed by atoms with E-state index in [4.69, 9.17) is 16.2 Å². The molecule has 3 amide bonds. The summed E-state index contributed by atoms with van der Waals surface area (Å²) in [5.74, 6) is -0.0173. The minimum atomic E-state index is -0.759. The first-order valence-electron chi connectivity index (χ1n) is 7.20. The van der Waals surface area contributed by atoms with Gasteiger partial charge in [-0.3, -0.25) is 10.1 Å². The van der Waals surface area contributed by atoms with Crippen molar-refractivity contribution in [1.82, 2.24) is 9.97 Å². The molecule has 0 aliphatic carbocycles. The fourth-order valence-electron chi connectivity index (χ4n) is 2.30. The Hall–Kier alpha value is -2.72. The molecule has 5 N–H and O–H groups in total. The average molecular weight is 348 g/mol. The Bertz CT molecular complexity index is 754. The maximum absolute atomic E-state index is 11.5. The van der Waals surface area contributed by atoms with Gasteiger partial charge in [-0.1, -0.05) is 0 Å². The van der Waals surface area contributed by atoms with Gasteiger partial charge in [0.05, 0.1) is 18.8 Å². The van der Waals surface area contributed by atoms with Crippen molar-refractivity contribution in [3.05, 3.63) is 24.0 Å². The summed E-state index contributed by atoms with van der Waals surface area (Å²) in [7, 11) is 0. The van der Waals surface area contributed by atoms with Crippen LogP contribution in [-0.4, -0.2) is 48.2 Å². The molecule has 126 valence electrons. The van der Waals surface area contributed by atoms with Crippen LogP contribution in [0.2, 0.25) is 0 Å². The second-order valence-corrected chi connectivity index (χ2v) is 6.13. The lowest BCUT2D eigenvalue weighted by atomic mass is 10.2. The highest BCUT2D eigenvalue weighted by molar-refractivity contribution is 7.20. The monoisotopic (exact) mass is 348 g/mol. The van der Waals surface area contributed by atoms with Gasteiger partial charge in [0.2, 0.25) is 5.95 Å².